The summed E-state index contributed by atoms with van der Waals surface area (Å²) in [6.45, 7) is 5.65. The summed E-state index contributed by atoms with van der Waals surface area (Å²) >= 11 is 0. The van der Waals surface area contributed by atoms with Crippen LogP contribution in [0.3, 0.4) is 0 Å². The molecule has 3 amide bonds. The molecule has 7 nitrogen and oxygen atoms in total. The summed E-state index contributed by atoms with van der Waals surface area (Å²) in [6.07, 6.45) is 1.85. The van der Waals surface area contributed by atoms with E-state index in [4.69, 9.17) is 4.74 Å². The number of nitrogens with zero attached hydrogens (tertiary/aromatic N) is 2. The van der Waals surface area contributed by atoms with Crippen molar-refractivity contribution < 1.29 is 19.1 Å². The average molecular weight is 373 g/mol. The number of rotatable bonds is 6. The van der Waals surface area contributed by atoms with Crippen LogP contribution >= 0.6 is 0 Å². The zero-order valence-corrected chi connectivity index (χ0v) is 15.9. The van der Waals surface area contributed by atoms with Gasteiger partial charge < -0.3 is 10.1 Å². The number of nitrogens with one attached hydrogen (secondary N) is 1. The van der Waals surface area contributed by atoms with Crippen molar-refractivity contribution in [1.82, 2.24) is 15.1 Å². The number of esters is 1. The largest absolute Gasteiger partial charge is 0.466 e. The lowest BCUT2D eigenvalue weighted by atomic mass is 9.87. The Kier molecular flexibility index (Phi) is 5.79. The molecule has 1 aromatic carbocycles. The van der Waals surface area contributed by atoms with Crippen molar-refractivity contribution >= 4 is 17.9 Å². The van der Waals surface area contributed by atoms with E-state index in [2.05, 4.69) is 5.32 Å². The second-order valence-electron chi connectivity index (χ2n) is 7.07. The monoisotopic (exact) mass is 373 g/mol. The van der Waals surface area contributed by atoms with Gasteiger partial charge in [0.1, 0.15) is 5.54 Å². The number of carbonyl (C=O) groups is 3. The highest BCUT2D eigenvalue weighted by atomic mass is 16.5. The van der Waals surface area contributed by atoms with Crippen molar-refractivity contribution in [2.75, 3.05) is 26.4 Å². The Balaban J connectivity index is 1.66. The molecule has 1 N–H and O–H groups in total. The van der Waals surface area contributed by atoms with Gasteiger partial charge in [0.05, 0.1) is 19.2 Å². The molecule has 0 aromatic heterocycles. The lowest BCUT2D eigenvalue weighted by Crippen LogP contribution is -2.47. The molecule has 0 unspecified atom stereocenters. The van der Waals surface area contributed by atoms with Gasteiger partial charge in [-0.1, -0.05) is 37.3 Å². The minimum atomic E-state index is -0.998. The van der Waals surface area contributed by atoms with Gasteiger partial charge in [-0.15, -0.1) is 0 Å². The van der Waals surface area contributed by atoms with Crippen LogP contribution in [0.15, 0.2) is 30.3 Å². The smallest absolute Gasteiger partial charge is 0.326 e. The first-order valence-corrected chi connectivity index (χ1v) is 9.60. The summed E-state index contributed by atoms with van der Waals surface area (Å²) in [5.74, 6) is -0.460. The van der Waals surface area contributed by atoms with Crippen LogP contribution in [0, 0.1) is 5.92 Å². The topological polar surface area (TPSA) is 79.0 Å². The standard InChI is InChI=1S/C20H27N3O4/c1-3-20(16-8-6-5-7-9-16)18(25)23(19(26)21-20)14-22-12-10-15(11-13-22)17(24)27-4-2/h5-9,15H,3-4,10-14H2,1-2H3,(H,21,26)/t20-/m1/s1. The third-order valence-electron chi connectivity index (χ3n) is 5.52. The third-order valence-corrected chi connectivity index (χ3v) is 5.52. The van der Waals surface area contributed by atoms with Gasteiger partial charge in [0.2, 0.25) is 0 Å². The Morgan fingerprint density at radius 2 is 1.85 bits per heavy atom. The zero-order chi connectivity index (χ0) is 19.4. The maximum Gasteiger partial charge on any atom is 0.326 e. The van der Waals surface area contributed by atoms with Gasteiger partial charge >= 0.3 is 12.0 Å². The van der Waals surface area contributed by atoms with Crippen LogP contribution in [-0.2, 0) is 19.9 Å². The van der Waals surface area contributed by atoms with E-state index in [1.165, 1.54) is 4.90 Å². The number of piperidine rings is 1. The van der Waals surface area contributed by atoms with Crippen molar-refractivity contribution in [2.45, 2.75) is 38.6 Å². The van der Waals surface area contributed by atoms with Crippen LogP contribution in [-0.4, -0.2) is 54.1 Å². The van der Waals surface area contributed by atoms with E-state index < -0.39 is 5.54 Å². The van der Waals surface area contributed by atoms with Crippen LogP contribution < -0.4 is 5.32 Å². The highest BCUT2D eigenvalue weighted by molar-refractivity contribution is 6.07. The molecule has 0 saturated carbocycles. The number of urea groups is 1. The summed E-state index contributed by atoms with van der Waals surface area (Å²) in [6, 6.07) is 9.01. The fourth-order valence-electron chi connectivity index (χ4n) is 3.89. The number of hydrogen-bond donors (Lipinski definition) is 1. The van der Waals surface area contributed by atoms with Crippen LogP contribution in [0.25, 0.3) is 0 Å². The van der Waals surface area contributed by atoms with Crippen LogP contribution in [0.2, 0.25) is 0 Å². The Morgan fingerprint density at radius 3 is 2.44 bits per heavy atom. The first-order valence-electron chi connectivity index (χ1n) is 9.60. The fraction of sp³-hybridized carbons (Fsp3) is 0.550. The van der Waals surface area contributed by atoms with Gasteiger partial charge in [0.25, 0.3) is 5.91 Å². The molecule has 7 heteroatoms. The SMILES string of the molecule is CCOC(=O)C1CCN(CN2C(=O)N[C@](CC)(c3ccccc3)C2=O)CC1. The van der Waals surface area contributed by atoms with Gasteiger partial charge in [-0.05, 0) is 31.7 Å². The minimum Gasteiger partial charge on any atom is -0.466 e. The summed E-state index contributed by atoms with van der Waals surface area (Å²) in [5.41, 5.74) is -0.198. The van der Waals surface area contributed by atoms with Gasteiger partial charge in [-0.2, -0.15) is 0 Å². The van der Waals surface area contributed by atoms with E-state index in [1.807, 2.05) is 42.2 Å². The lowest BCUT2D eigenvalue weighted by Gasteiger charge is -2.33. The summed E-state index contributed by atoms with van der Waals surface area (Å²) in [5, 5.41) is 2.90. The molecule has 2 saturated heterocycles. The summed E-state index contributed by atoms with van der Waals surface area (Å²) < 4.78 is 5.09. The zero-order valence-electron chi connectivity index (χ0n) is 15.9. The predicted molar refractivity (Wildman–Crippen MR) is 99.6 cm³/mol. The molecule has 0 radical (unpaired) electrons. The van der Waals surface area contributed by atoms with E-state index in [-0.39, 0.29) is 30.5 Å². The lowest BCUT2D eigenvalue weighted by molar-refractivity contribution is -0.150. The molecule has 0 aliphatic carbocycles. The predicted octanol–water partition coefficient (Wildman–Crippen LogP) is 2.08. The maximum absolute atomic E-state index is 13.1. The van der Waals surface area contributed by atoms with Gasteiger partial charge in [0.15, 0.2) is 0 Å². The number of carbonyl (C=O) groups excluding carboxylic acids is 3. The van der Waals surface area contributed by atoms with Crippen molar-refractivity contribution in [3.05, 3.63) is 35.9 Å². The number of ether oxygens (including phenoxy) is 1. The number of likely N-dealkylation sites (tertiary alicyclic amines) is 1. The van der Waals surface area contributed by atoms with Gasteiger partial charge in [-0.25, -0.2) is 9.69 Å². The van der Waals surface area contributed by atoms with Crippen LogP contribution in [0.4, 0.5) is 4.79 Å². The highest BCUT2D eigenvalue weighted by Gasteiger charge is 2.51. The second-order valence-corrected chi connectivity index (χ2v) is 7.07. The molecular formula is C20H27N3O4. The Morgan fingerprint density at radius 1 is 1.19 bits per heavy atom. The van der Waals surface area contributed by atoms with Crippen molar-refractivity contribution in [3.8, 4) is 0 Å². The van der Waals surface area contributed by atoms with Crippen LogP contribution in [0.5, 0.6) is 0 Å². The molecule has 2 heterocycles. The molecule has 27 heavy (non-hydrogen) atoms. The van der Waals surface area contributed by atoms with E-state index in [0.717, 1.165) is 5.56 Å². The van der Waals surface area contributed by atoms with Gasteiger partial charge in [0, 0.05) is 13.1 Å². The van der Waals surface area contributed by atoms with E-state index in [1.54, 1.807) is 6.92 Å². The van der Waals surface area contributed by atoms with E-state index in [0.29, 0.717) is 39.0 Å². The second kappa shape index (κ2) is 8.08. The molecule has 3 rings (SSSR count). The molecule has 2 aliphatic rings. The normalized spacial score (nSPS) is 24.1. The molecule has 0 bridgehead atoms. The molecule has 2 fully saturated rings. The number of imide groups is 1. The third kappa shape index (κ3) is 3.69. The molecule has 2 aliphatic heterocycles. The number of amides is 3. The molecule has 1 atom stereocenters. The maximum atomic E-state index is 13.1. The first-order chi connectivity index (χ1) is 13.0. The molecule has 146 valence electrons. The van der Waals surface area contributed by atoms with Crippen LogP contribution in [0.1, 0.15) is 38.7 Å². The van der Waals surface area contributed by atoms with Crippen molar-refractivity contribution in [3.63, 3.8) is 0 Å². The van der Waals surface area contributed by atoms with E-state index in [9.17, 15) is 14.4 Å². The highest BCUT2D eigenvalue weighted by Crippen LogP contribution is 2.32. The molecule has 0 spiro atoms. The average Bonchev–Trinajstić information content (AvgIpc) is 2.94. The fourth-order valence-corrected chi connectivity index (χ4v) is 3.89. The number of hydrogen-bond acceptors (Lipinski definition) is 5. The first kappa shape index (κ1) is 19.4. The summed E-state index contributed by atoms with van der Waals surface area (Å²) in [7, 11) is 0. The Labute approximate surface area is 159 Å². The van der Waals surface area contributed by atoms with Crippen molar-refractivity contribution in [1.29, 1.82) is 0 Å². The molecule has 1 aromatic rings. The number of benzene rings is 1. The minimum absolute atomic E-state index is 0.0941. The van der Waals surface area contributed by atoms with E-state index >= 15 is 0 Å². The molecular weight excluding hydrogens is 346 g/mol. The quantitative estimate of drug-likeness (QED) is 0.610. The van der Waals surface area contributed by atoms with Gasteiger partial charge in [-0.3, -0.25) is 14.5 Å². The Bertz CT molecular complexity index is 700. The summed E-state index contributed by atoms with van der Waals surface area (Å²) in [4.78, 5) is 40.9. The Hall–Kier alpha value is -2.41. The van der Waals surface area contributed by atoms with Crippen molar-refractivity contribution in [2.24, 2.45) is 5.92 Å².